The molecular formula is C16H24N2O3. The van der Waals surface area contributed by atoms with E-state index in [0.29, 0.717) is 26.2 Å². The van der Waals surface area contributed by atoms with Crippen LogP contribution in [-0.2, 0) is 4.74 Å². The molecular weight excluding hydrogens is 268 g/mol. The fourth-order valence-corrected chi connectivity index (χ4v) is 2.73. The van der Waals surface area contributed by atoms with Gasteiger partial charge in [-0.1, -0.05) is 24.3 Å². The van der Waals surface area contributed by atoms with Gasteiger partial charge in [0, 0.05) is 13.2 Å². The van der Waals surface area contributed by atoms with E-state index in [1.54, 1.807) is 4.90 Å². The van der Waals surface area contributed by atoms with Crippen LogP contribution in [0, 0.1) is 6.92 Å². The highest BCUT2D eigenvalue weighted by molar-refractivity contribution is 5.75. The van der Waals surface area contributed by atoms with Gasteiger partial charge in [-0.2, -0.15) is 0 Å². The van der Waals surface area contributed by atoms with Crippen LogP contribution in [0.1, 0.15) is 30.5 Å². The molecule has 1 heterocycles. The summed E-state index contributed by atoms with van der Waals surface area (Å²) in [7, 11) is 0. The van der Waals surface area contributed by atoms with Crippen molar-refractivity contribution in [3.63, 3.8) is 0 Å². The SMILES string of the molecule is Cc1ccccc1[C@@H](C)NC(=O)N1CCOCC1CCO. The summed E-state index contributed by atoms with van der Waals surface area (Å²) in [6, 6.07) is 7.86. The fraction of sp³-hybridized carbons (Fsp3) is 0.562. The van der Waals surface area contributed by atoms with E-state index in [2.05, 4.69) is 5.32 Å². The Balaban J connectivity index is 2.01. The van der Waals surface area contributed by atoms with Gasteiger partial charge in [0.25, 0.3) is 0 Å². The maximum atomic E-state index is 12.5. The molecule has 0 bridgehead atoms. The minimum absolute atomic E-state index is 0.0451. The Morgan fingerprint density at radius 1 is 1.52 bits per heavy atom. The molecule has 21 heavy (non-hydrogen) atoms. The number of aliphatic hydroxyl groups is 1. The Labute approximate surface area is 125 Å². The summed E-state index contributed by atoms with van der Waals surface area (Å²) in [4.78, 5) is 14.2. The van der Waals surface area contributed by atoms with Gasteiger partial charge in [-0.3, -0.25) is 0 Å². The number of ether oxygens (including phenoxy) is 1. The van der Waals surface area contributed by atoms with Crippen molar-refractivity contribution in [3.05, 3.63) is 35.4 Å². The van der Waals surface area contributed by atoms with E-state index >= 15 is 0 Å². The zero-order chi connectivity index (χ0) is 15.2. The fourth-order valence-electron chi connectivity index (χ4n) is 2.73. The lowest BCUT2D eigenvalue weighted by molar-refractivity contribution is 0.00388. The van der Waals surface area contributed by atoms with Crippen LogP contribution in [0.3, 0.4) is 0 Å². The molecule has 0 radical (unpaired) electrons. The van der Waals surface area contributed by atoms with Gasteiger partial charge < -0.3 is 20.1 Å². The molecule has 116 valence electrons. The van der Waals surface area contributed by atoms with Crippen molar-refractivity contribution in [2.75, 3.05) is 26.4 Å². The van der Waals surface area contributed by atoms with Crippen LogP contribution in [-0.4, -0.2) is 48.4 Å². The Kier molecular flexibility index (Phi) is 5.59. The summed E-state index contributed by atoms with van der Waals surface area (Å²) in [5.41, 5.74) is 2.29. The lowest BCUT2D eigenvalue weighted by Gasteiger charge is -2.36. The molecule has 2 N–H and O–H groups in total. The minimum Gasteiger partial charge on any atom is -0.396 e. The van der Waals surface area contributed by atoms with E-state index in [-0.39, 0.29) is 24.7 Å². The monoisotopic (exact) mass is 292 g/mol. The van der Waals surface area contributed by atoms with Crippen LogP contribution < -0.4 is 5.32 Å². The van der Waals surface area contributed by atoms with Crippen LogP contribution in [0.15, 0.2) is 24.3 Å². The smallest absolute Gasteiger partial charge is 0.318 e. The molecule has 2 rings (SSSR count). The first kappa shape index (κ1) is 15.8. The zero-order valence-corrected chi connectivity index (χ0v) is 12.7. The largest absolute Gasteiger partial charge is 0.396 e. The lowest BCUT2D eigenvalue weighted by Crippen LogP contribution is -2.53. The zero-order valence-electron chi connectivity index (χ0n) is 12.7. The first-order valence-corrected chi connectivity index (χ1v) is 7.44. The van der Waals surface area contributed by atoms with Crippen LogP contribution in [0.4, 0.5) is 4.79 Å². The van der Waals surface area contributed by atoms with Gasteiger partial charge in [0.1, 0.15) is 0 Å². The average molecular weight is 292 g/mol. The number of rotatable bonds is 4. The molecule has 0 aromatic heterocycles. The number of urea groups is 1. The summed E-state index contributed by atoms with van der Waals surface area (Å²) >= 11 is 0. The predicted octanol–water partition coefficient (Wildman–Crippen LogP) is 1.85. The highest BCUT2D eigenvalue weighted by atomic mass is 16.5. The summed E-state index contributed by atoms with van der Waals surface area (Å²) in [5, 5.41) is 12.1. The number of carbonyl (C=O) groups excluding carboxylic acids is 1. The molecule has 2 amide bonds. The molecule has 5 nitrogen and oxygen atoms in total. The molecule has 1 aliphatic rings. The molecule has 1 unspecified atom stereocenters. The molecule has 1 saturated heterocycles. The Hall–Kier alpha value is -1.59. The second-order valence-corrected chi connectivity index (χ2v) is 5.46. The van der Waals surface area contributed by atoms with Gasteiger partial charge in [-0.25, -0.2) is 4.79 Å². The first-order valence-electron chi connectivity index (χ1n) is 7.44. The van der Waals surface area contributed by atoms with E-state index in [4.69, 9.17) is 9.84 Å². The van der Waals surface area contributed by atoms with Gasteiger partial charge in [-0.15, -0.1) is 0 Å². The Bertz CT molecular complexity index is 476. The van der Waals surface area contributed by atoms with Crippen molar-refractivity contribution >= 4 is 6.03 Å². The Morgan fingerprint density at radius 3 is 3.00 bits per heavy atom. The summed E-state index contributed by atoms with van der Waals surface area (Å²) in [6.45, 7) is 5.70. The number of aliphatic hydroxyl groups excluding tert-OH is 1. The molecule has 0 saturated carbocycles. The van der Waals surface area contributed by atoms with E-state index in [1.165, 1.54) is 5.56 Å². The molecule has 1 aromatic carbocycles. The van der Waals surface area contributed by atoms with E-state index < -0.39 is 0 Å². The van der Waals surface area contributed by atoms with Crippen molar-refractivity contribution < 1.29 is 14.6 Å². The predicted molar refractivity (Wildman–Crippen MR) is 81.1 cm³/mol. The number of aryl methyl sites for hydroxylation is 1. The van der Waals surface area contributed by atoms with E-state index in [0.717, 1.165) is 5.56 Å². The van der Waals surface area contributed by atoms with Crippen LogP contribution >= 0.6 is 0 Å². The van der Waals surface area contributed by atoms with Crippen LogP contribution in [0.5, 0.6) is 0 Å². The first-order chi connectivity index (χ1) is 10.1. The quantitative estimate of drug-likeness (QED) is 0.890. The number of benzene rings is 1. The van der Waals surface area contributed by atoms with Gasteiger partial charge in [0.2, 0.25) is 0 Å². The number of nitrogens with one attached hydrogen (secondary N) is 1. The normalized spacial score (nSPS) is 20.1. The van der Waals surface area contributed by atoms with Crippen molar-refractivity contribution in [2.45, 2.75) is 32.4 Å². The Morgan fingerprint density at radius 2 is 2.29 bits per heavy atom. The molecule has 0 spiro atoms. The number of morpholine rings is 1. The second-order valence-electron chi connectivity index (χ2n) is 5.46. The van der Waals surface area contributed by atoms with Crippen LogP contribution in [0.2, 0.25) is 0 Å². The summed E-state index contributed by atoms with van der Waals surface area (Å²) in [6.07, 6.45) is 0.548. The third-order valence-electron chi connectivity index (χ3n) is 3.95. The standard InChI is InChI=1S/C16H24N2O3/c1-12-5-3-4-6-15(12)13(2)17-16(20)18-8-10-21-11-14(18)7-9-19/h3-6,13-14,19H,7-11H2,1-2H3,(H,17,20)/t13-,14?/m1/s1. The average Bonchev–Trinajstić information content (AvgIpc) is 2.48. The maximum absolute atomic E-state index is 12.5. The topological polar surface area (TPSA) is 61.8 Å². The maximum Gasteiger partial charge on any atom is 0.318 e. The summed E-state index contributed by atoms with van der Waals surface area (Å²) < 4.78 is 5.39. The molecule has 0 aliphatic carbocycles. The van der Waals surface area contributed by atoms with Gasteiger partial charge in [0.05, 0.1) is 25.3 Å². The minimum atomic E-state index is -0.0903. The number of nitrogens with zero attached hydrogens (tertiary/aromatic N) is 1. The third-order valence-corrected chi connectivity index (χ3v) is 3.95. The highest BCUT2D eigenvalue weighted by Crippen LogP contribution is 2.18. The van der Waals surface area contributed by atoms with E-state index in [9.17, 15) is 4.79 Å². The molecule has 2 atom stereocenters. The van der Waals surface area contributed by atoms with Crippen molar-refractivity contribution in [1.29, 1.82) is 0 Å². The van der Waals surface area contributed by atoms with Gasteiger partial charge >= 0.3 is 6.03 Å². The number of carbonyl (C=O) groups is 1. The van der Waals surface area contributed by atoms with Gasteiger partial charge in [0.15, 0.2) is 0 Å². The molecule has 1 fully saturated rings. The number of amides is 2. The third kappa shape index (κ3) is 3.95. The van der Waals surface area contributed by atoms with Crippen molar-refractivity contribution in [1.82, 2.24) is 10.2 Å². The summed E-state index contributed by atoms with van der Waals surface area (Å²) in [5.74, 6) is 0. The molecule has 1 aliphatic heterocycles. The second kappa shape index (κ2) is 7.43. The van der Waals surface area contributed by atoms with Crippen molar-refractivity contribution in [3.8, 4) is 0 Å². The van der Waals surface area contributed by atoms with Crippen LogP contribution in [0.25, 0.3) is 0 Å². The molecule has 1 aromatic rings. The molecule has 5 heteroatoms. The van der Waals surface area contributed by atoms with Crippen molar-refractivity contribution in [2.24, 2.45) is 0 Å². The van der Waals surface area contributed by atoms with Gasteiger partial charge in [-0.05, 0) is 31.4 Å². The number of hydrogen-bond donors (Lipinski definition) is 2. The number of hydrogen-bond acceptors (Lipinski definition) is 3. The highest BCUT2D eigenvalue weighted by Gasteiger charge is 2.27. The lowest BCUT2D eigenvalue weighted by atomic mass is 10.0. The van der Waals surface area contributed by atoms with E-state index in [1.807, 2.05) is 38.1 Å².